The summed E-state index contributed by atoms with van der Waals surface area (Å²) in [5.74, 6) is -2.65. The van der Waals surface area contributed by atoms with Crippen LogP contribution in [0.5, 0.6) is 11.5 Å². The molecule has 0 radical (unpaired) electrons. The first-order valence-electron chi connectivity index (χ1n) is 18.7. The van der Waals surface area contributed by atoms with E-state index in [4.69, 9.17) is 19.3 Å². The van der Waals surface area contributed by atoms with Crippen molar-refractivity contribution in [2.24, 2.45) is 0 Å². The van der Waals surface area contributed by atoms with Crippen LogP contribution in [0.4, 0.5) is 5.69 Å². The fourth-order valence-corrected chi connectivity index (χ4v) is 7.30. The molecule has 0 saturated heterocycles. The third kappa shape index (κ3) is 14.0. The number of nitrogens with zero attached hydrogens (tertiary/aromatic N) is 1. The molecule has 0 amide bonds. The molecule has 0 fully saturated rings. The molecule has 290 valence electrons. The van der Waals surface area contributed by atoms with E-state index in [0.717, 1.165) is 74.9 Å². The number of rotatable bonds is 24. The Kier molecular flexibility index (Phi) is 21.4. The summed E-state index contributed by atoms with van der Waals surface area (Å²) in [6.07, 6.45) is 11.8. The maximum absolute atomic E-state index is 13.5. The quantitative estimate of drug-likeness (QED) is 0.0338. The number of aromatic carboxylic acids is 1. The first kappa shape index (κ1) is 46.6. The van der Waals surface area contributed by atoms with E-state index in [9.17, 15) is 29.6 Å². The van der Waals surface area contributed by atoms with Gasteiger partial charge in [-0.25, -0.2) is 14.4 Å². The largest absolute Gasteiger partial charge is 1.00 e. The molecular weight excluding hydrogens is 724 g/mol. The zero-order valence-corrected chi connectivity index (χ0v) is 35.1. The molecule has 0 aliphatic carbocycles. The molecule has 1 atom stereocenters. The van der Waals surface area contributed by atoms with Crippen molar-refractivity contribution in [1.29, 1.82) is 0 Å². The van der Waals surface area contributed by atoms with Crippen LogP contribution < -0.4 is 44.7 Å². The van der Waals surface area contributed by atoms with Crippen molar-refractivity contribution in [2.75, 3.05) is 25.6 Å². The van der Waals surface area contributed by atoms with Gasteiger partial charge in [0.2, 0.25) is 0 Å². The number of carboxylic acids is 1. The van der Waals surface area contributed by atoms with Gasteiger partial charge in [-0.2, -0.15) is 0 Å². The smallest absolute Gasteiger partial charge is 0.872 e. The molecule has 12 nitrogen and oxygen atoms in total. The first-order chi connectivity index (χ1) is 25.5. The summed E-state index contributed by atoms with van der Waals surface area (Å²) >= 11 is 1.57. The topological polar surface area (TPSA) is 177 Å². The molecule has 2 aromatic carbocycles. The normalized spacial score (nSPS) is 13.9. The van der Waals surface area contributed by atoms with E-state index in [1.54, 1.807) is 38.6 Å². The summed E-state index contributed by atoms with van der Waals surface area (Å²) in [5, 5.41) is 35.9. The van der Waals surface area contributed by atoms with Gasteiger partial charge in [-0.3, -0.25) is 10.1 Å². The van der Waals surface area contributed by atoms with E-state index in [2.05, 4.69) is 5.32 Å². The van der Waals surface area contributed by atoms with Crippen LogP contribution in [0.15, 0.2) is 63.8 Å². The minimum absolute atomic E-state index is 0. The first-order valence-corrected chi connectivity index (χ1v) is 19.7. The summed E-state index contributed by atoms with van der Waals surface area (Å²) < 4.78 is 17.1. The maximum Gasteiger partial charge on any atom is 1.00 e. The number of hydrogen-bond acceptors (Lipinski definition) is 11. The van der Waals surface area contributed by atoms with E-state index in [1.807, 2.05) is 6.92 Å². The number of unbranched alkanes of at least 4 members (excludes halogenated alkanes) is 9. The van der Waals surface area contributed by atoms with Gasteiger partial charge in [-0.15, -0.1) is 11.8 Å². The van der Waals surface area contributed by atoms with Crippen LogP contribution in [0.3, 0.4) is 0 Å². The fraction of sp³-hybridized carbons (Fsp3) is 0.525. The molecule has 1 aliphatic rings. The Labute approximate surface area is 344 Å². The van der Waals surface area contributed by atoms with E-state index >= 15 is 0 Å². The number of benzene rings is 2. The molecule has 0 spiro atoms. The van der Waals surface area contributed by atoms with Crippen LogP contribution in [-0.2, 0) is 19.1 Å². The minimum Gasteiger partial charge on any atom is -0.872 e. The molecule has 1 heterocycles. The monoisotopic (exact) mass is 776 g/mol. The van der Waals surface area contributed by atoms with Crippen molar-refractivity contribution >= 4 is 35.4 Å². The van der Waals surface area contributed by atoms with Gasteiger partial charge >= 0.3 is 47.5 Å². The third-order valence-corrected chi connectivity index (χ3v) is 9.98. The van der Waals surface area contributed by atoms with Gasteiger partial charge in [-0.05, 0) is 64.0 Å². The predicted octanol–water partition coefficient (Wildman–Crippen LogP) is 5.58. The summed E-state index contributed by atoms with van der Waals surface area (Å²) in [5.41, 5.74) is 1.47. The SMILES string of the molecule is CCCC1=C(C(=O)OCC)C(c2cc([N+](=O)[O-])ccc2OCCCCCCCCCCCCSc2ccc([O-])c(C(=O)O)c2)C(C(=O)OCC)=C(C)N1.[Na+]. The maximum atomic E-state index is 13.5. The summed E-state index contributed by atoms with van der Waals surface area (Å²) in [7, 11) is 0. The molecule has 1 aliphatic heterocycles. The second-order valence-corrected chi connectivity index (χ2v) is 14.0. The molecule has 0 saturated carbocycles. The van der Waals surface area contributed by atoms with Crippen molar-refractivity contribution in [2.45, 2.75) is 116 Å². The van der Waals surface area contributed by atoms with Crippen LogP contribution >= 0.6 is 11.8 Å². The number of thioether (sulfide) groups is 1. The number of ether oxygens (including phenoxy) is 3. The number of hydrogen-bond donors (Lipinski definition) is 2. The Morgan fingerprint density at radius 3 is 2.02 bits per heavy atom. The molecule has 2 aromatic rings. The van der Waals surface area contributed by atoms with Gasteiger partial charge in [0.15, 0.2) is 0 Å². The minimum atomic E-state index is -1.19. The number of non-ortho nitro benzene ring substituents is 1. The van der Waals surface area contributed by atoms with Crippen LogP contribution in [0.25, 0.3) is 0 Å². The molecule has 0 aromatic heterocycles. The summed E-state index contributed by atoms with van der Waals surface area (Å²) in [6, 6.07) is 8.73. The van der Waals surface area contributed by atoms with E-state index in [0.29, 0.717) is 42.2 Å². The number of carbonyl (C=O) groups excluding carboxylic acids is 2. The number of carboxylic acid groups (broad SMARTS) is 1. The van der Waals surface area contributed by atoms with Crippen molar-refractivity contribution < 1.29 is 73.3 Å². The van der Waals surface area contributed by atoms with Crippen molar-refractivity contribution in [3.8, 4) is 11.5 Å². The second kappa shape index (κ2) is 24.8. The van der Waals surface area contributed by atoms with Crippen molar-refractivity contribution in [3.63, 3.8) is 0 Å². The zero-order valence-electron chi connectivity index (χ0n) is 32.3. The molecule has 14 heteroatoms. The van der Waals surface area contributed by atoms with E-state index < -0.39 is 34.5 Å². The average molecular weight is 777 g/mol. The standard InChI is InChI=1S/C40H54N2O10S.Na/c1-5-18-32-37(40(47)51-7-3)36(35(27(4)41-32)39(46)50-6-2)31-25-28(42(48)49)19-22-34(31)52-23-16-14-12-10-8-9-11-13-15-17-24-53-29-20-21-33(43)30(26-29)38(44)45;/h19-22,25-26,36,41,43H,5-18,23-24H2,1-4H3,(H,44,45);/q;+1/p-1. The Balaban J connectivity index is 0.0000101. The number of allylic oxidation sites excluding steroid dienone is 2. The van der Waals surface area contributed by atoms with Crippen LogP contribution in [0.1, 0.15) is 127 Å². The molecule has 1 unspecified atom stereocenters. The number of nitro groups is 1. The number of esters is 2. The molecule has 54 heavy (non-hydrogen) atoms. The summed E-state index contributed by atoms with van der Waals surface area (Å²) in [6.45, 7) is 7.68. The molecule has 2 N–H and O–H groups in total. The zero-order chi connectivity index (χ0) is 38.8. The van der Waals surface area contributed by atoms with Crippen molar-refractivity contribution in [3.05, 3.63) is 80.2 Å². The Morgan fingerprint density at radius 2 is 1.44 bits per heavy atom. The average Bonchev–Trinajstić information content (AvgIpc) is 3.12. The number of dihydropyridines is 1. The van der Waals surface area contributed by atoms with Crippen molar-refractivity contribution in [1.82, 2.24) is 5.32 Å². The molecule has 3 rings (SSSR count). The van der Waals surface area contributed by atoms with Gasteiger partial charge in [0.1, 0.15) is 5.75 Å². The van der Waals surface area contributed by atoms with Gasteiger partial charge in [0.05, 0.1) is 47.4 Å². The predicted molar refractivity (Wildman–Crippen MR) is 202 cm³/mol. The Hall–Kier alpha value is -3.52. The van der Waals surface area contributed by atoms with Gasteiger partial charge < -0.3 is 29.7 Å². The third-order valence-electron chi connectivity index (χ3n) is 8.90. The van der Waals surface area contributed by atoms with E-state index in [1.165, 1.54) is 30.3 Å². The Morgan fingerprint density at radius 1 is 0.852 bits per heavy atom. The fourth-order valence-electron chi connectivity index (χ4n) is 6.35. The van der Waals surface area contributed by atoms with Crippen LogP contribution in [0, 0.1) is 10.1 Å². The number of carbonyl (C=O) groups is 3. The number of nitrogens with one attached hydrogen (secondary N) is 1. The number of nitro benzene ring substituents is 1. The second-order valence-electron chi connectivity index (χ2n) is 12.9. The molecule has 0 bridgehead atoms. The van der Waals surface area contributed by atoms with Crippen LogP contribution in [0.2, 0.25) is 0 Å². The van der Waals surface area contributed by atoms with Gasteiger partial charge in [0, 0.05) is 34.0 Å². The van der Waals surface area contributed by atoms with Gasteiger partial charge in [0.25, 0.3) is 5.69 Å². The van der Waals surface area contributed by atoms with Gasteiger partial charge in [-0.1, -0.05) is 76.5 Å². The molecular formula is C40H53N2NaO10S. The summed E-state index contributed by atoms with van der Waals surface area (Å²) in [4.78, 5) is 50.3. The van der Waals surface area contributed by atoms with Crippen LogP contribution in [-0.4, -0.2) is 53.5 Å². The van der Waals surface area contributed by atoms with E-state index in [-0.39, 0.29) is 65.2 Å². The Bertz CT molecular complexity index is 1640.